The molecule has 0 fully saturated rings. The van der Waals surface area contributed by atoms with Gasteiger partial charge in [-0.05, 0) is 148 Å². The molecular weight excluding hydrogens is 967 g/mol. The van der Waals surface area contributed by atoms with Crippen molar-refractivity contribution in [1.29, 1.82) is 0 Å². The van der Waals surface area contributed by atoms with Crippen LogP contribution in [-0.2, 0) is 32.0 Å². The fourth-order valence-corrected chi connectivity index (χ4v) is 7.51. The predicted molar refractivity (Wildman–Crippen MR) is 265 cm³/mol. The van der Waals surface area contributed by atoms with Gasteiger partial charge in [0.2, 0.25) is 0 Å². The summed E-state index contributed by atoms with van der Waals surface area (Å²) in [6.45, 7) is 13.4. The SMILES string of the molecule is CCc1c(C)c2cc3[nH]c(cc4nc(cc5nc(cc1[nH]2)C(C)=C5CCC(=O)O)C(CCC(=O)O)=C4C)c(C)c3CC.NC(N)=NCCCC(N)C(=O)O.NC(N)=NCCCC(N)C(=O)O.[Sn+2]. The molecule has 2 radical (unpaired) electrons. The molecule has 2 aliphatic rings. The molecule has 2 atom stereocenters. The van der Waals surface area contributed by atoms with Crippen LogP contribution in [0, 0.1) is 13.8 Å². The van der Waals surface area contributed by atoms with Crippen LogP contribution in [-0.4, -0.2) is 125 Å². The fraction of sp³-hybridized carbons (Fsp3) is 0.435. The molecule has 5 rings (SSSR count). The normalized spacial score (nSPS) is 12.7. The molecule has 0 saturated heterocycles. The van der Waals surface area contributed by atoms with Crippen LogP contribution in [0.15, 0.2) is 34.3 Å². The summed E-state index contributed by atoms with van der Waals surface area (Å²) < 4.78 is 0. The summed E-state index contributed by atoms with van der Waals surface area (Å²) in [4.78, 5) is 68.1. The van der Waals surface area contributed by atoms with Crippen molar-refractivity contribution in [3.05, 3.63) is 69.3 Å². The van der Waals surface area contributed by atoms with E-state index in [1.165, 1.54) is 16.7 Å². The first-order chi connectivity index (χ1) is 31.1. The van der Waals surface area contributed by atoms with Crippen molar-refractivity contribution in [3.8, 4) is 0 Å². The molecule has 0 amide bonds. The van der Waals surface area contributed by atoms with E-state index in [1.807, 2.05) is 26.0 Å². The smallest absolute Gasteiger partial charge is 0.481 e. The van der Waals surface area contributed by atoms with Crippen LogP contribution in [0.25, 0.3) is 44.4 Å². The van der Waals surface area contributed by atoms with E-state index in [1.54, 1.807) is 0 Å². The van der Waals surface area contributed by atoms with Crippen molar-refractivity contribution < 1.29 is 39.6 Å². The van der Waals surface area contributed by atoms with Crippen LogP contribution in [0.5, 0.6) is 0 Å². The van der Waals surface area contributed by atoms with Crippen molar-refractivity contribution in [3.63, 3.8) is 0 Å². The number of aryl methyl sites for hydroxylation is 4. The Kier molecular flexibility index (Phi) is 22.7. The molecule has 3 aromatic rings. The summed E-state index contributed by atoms with van der Waals surface area (Å²) in [5, 5.41) is 35.7. The molecule has 20 nitrogen and oxygen atoms in total. The summed E-state index contributed by atoms with van der Waals surface area (Å²) in [5.41, 5.74) is 46.0. The van der Waals surface area contributed by atoms with Gasteiger partial charge in [0, 0.05) is 48.0 Å². The largest absolute Gasteiger partial charge is 2.00 e. The van der Waals surface area contributed by atoms with Gasteiger partial charge in [-0.2, -0.15) is 0 Å². The van der Waals surface area contributed by atoms with E-state index in [9.17, 15) is 29.4 Å². The van der Waals surface area contributed by atoms with Gasteiger partial charge in [-0.15, -0.1) is 0 Å². The third-order valence-corrected chi connectivity index (χ3v) is 11.3. The van der Waals surface area contributed by atoms with Crippen LogP contribution in [0.1, 0.15) is 124 Å². The second kappa shape index (κ2) is 26.8. The third-order valence-electron chi connectivity index (χ3n) is 11.3. The molecule has 21 heteroatoms. The zero-order valence-electron chi connectivity index (χ0n) is 39.1. The molecule has 0 saturated carbocycles. The Balaban J connectivity index is 0.000000508. The van der Waals surface area contributed by atoms with Crippen molar-refractivity contribution >= 4 is 104 Å². The molecule has 5 heterocycles. The Hall–Kier alpha value is -6.26. The van der Waals surface area contributed by atoms with Crippen LogP contribution < -0.4 is 34.4 Å². The Morgan fingerprint density at radius 1 is 0.582 bits per heavy atom. The Labute approximate surface area is 406 Å². The van der Waals surface area contributed by atoms with Crippen molar-refractivity contribution in [2.24, 2.45) is 44.4 Å². The Morgan fingerprint density at radius 3 is 1.28 bits per heavy atom. The number of H-pyrrole nitrogens is 2. The maximum atomic E-state index is 11.5. The molecule has 2 aliphatic heterocycles. The van der Waals surface area contributed by atoms with Crippen LogP contribution >= 0.6 is 0 Å². The van der Waals surface area contributed by atoms with Crippen LogP contribution in [0.4, 0.5) is 0 Å². The van der Waals surface area contributed by atoms with E-state index in [2.05, 4.69) is 59.8 Å². The number of aliphatic carboxylic acids is 4. The second-order valence-electron chi connectivity index (χ2n) is 15.9. The number of carboxylic acids is 4. The molecule has 0 aromatic carbocycles. The number of nitrogens with one attached hydrogen (secondary N) is 2. The van der Waals surface area contributed by atoms with Crippen LogP contribution in [0.3, 0.4) is 0 Å². The average Bonchev–Trinajstić information content (AvgIpc) is 3.91. The van der Waals surface area contributed by atoms with E-state index < -0.39 is 36.0 Å². The van der Waals surface area contributed by atoms with Gasteiger partial charge in [0.1, 0.15) is 12.1 Å². The molecule has 67 heavy (non-hydrogen) atoms. The minimum atomic E-state index is -1.00. The van der Waals surface area contributed by atoms with E-state index in [4.69, 9.17) is 54.6 Å². The number of allylic oxidation sites excluding steroid dienone is 4. The molecule has 3 aromatic heterocycles. The van der Waals surface area contributed by atoms with Gasteiger partial charge in [0.25, 0.3) is 0 Å². The second-order valence-corrected chi connectivity index (χ2v) is 15.9. The summed E-state index contributed by atoms with van der Waals surface area (Å²) in [5.74, 6) is -3.71. The number of carbonyl (C=O) groups is 4. The zero-order chi connectivity index (χ0) is 49.4. The summed E-state index contributed by atoms with van der Waals surface area (Å²) in [6.07, 6.45) is 4.28. The number of nitrogens with zero attached hydrogens (tertiary/aromatic N) is 4. The number of hydrogen-bond donors (Lipinski definition) is 12. The van der Waals surface area contributed by atoms with Gasteiger partial charge in [-0.1, -0.05) is 13.8 Å². The van der Waals surface area contributed by atoms with Gasteiger partial charge >= 0.3 is 47.8 Å². The summed E-state index contributed by atoms with van der Waals surface area (Å²) in [6, 6.07) is 6.55. The van der Waals surface area contributed by atoms with E-state index in [0.29, 0.717) is 63.0 Å². The predicted octanol–water partition coefficient (Wildman–Crippen LogP) is 4.17. The average molecular weight is 1030 g/mol. The first-order valence-corrected chi connectivity index (χ1v) is 21.7. The Morgan fingerprint density at radius 2 is 0.940 bits per heavy atom. The quantitative estimate of drug-likeness (QED) is 0.0368. The number of aromatic nitrogens is 4. The number of guanidine groups is 2. The molecule has 0 spiro atoms. The molecule has 0 aliphatic carbocycles. The fourth-order valence-electron chi connectivity index (χ4n) is 7.51. The third kappa shape index (κ3) is 16.5. The number of hydrogen-bond acceptors (Lipinski definition) is 10. The minimum Gasteiger partial charge on any atom is -0.481 e. The minimum absolute atomic E-state index is 0. The molecular formula is C46H66N12O8Sn+2. The van der Waals surface area contributed by atoms with Gasteiger partial charge < -0.3 is 64.8 Å². The maximum absolute atomic E-state index is 11.5. The van der Waals surface area contributed by atoms with Crippen molar-refractivity contribution in [1.82, 2.24) is 19.9 Å². The topological polar surface area (TPSA) is 387 Å². The first kappa shape index (κ1) is 56.9. The molecule has 8 bridgehead atoms. The number of fused-ring (bicyclic) bond motifs is 8. The van der Waals surface area contributed by atoms with Gasteiger partial charge in [0.05, 0.1) is 22.8 Å². The molecule has 2 unspecified atom stereocenters. The maximum Gasteiger partial charge on any atom is 2.00 e. The first-order valence-electron chi connectivity index (χ1n) is 21.7. The van der Waals surface area contributed by atoms with Gasteiger partial charge in [-0.25, -0.2) is 9.97 Å². The zero-order valence-corrected chi connectivity index (χ0v) is 42.0. The number of aromatic amines is 2. The standard InChI is InChI=1S/C34H38N4O4.2C6H14N4O2.Sn/c1-7-21-17(3)25-13-26-19(5)23(9-11-33(39)40)31(37-26)16-32-24(10-12-34(41)42)20(6)28(38-32)15-30-22(8-2)18(4)27(36-30)14-29(21)35-25;2*7-4(5(11)12)2-1-3-10-6(8)9;/h13-16,35-36H,7-12H2,1-6H3,(H,39,40)(H,41,42);2*4H,1-3,7H2,(H,11,12)(H4,8,9,10);/q;;;+2. The number of aliphatic imine (C=N–C) groups is 2. The Bertz CT molecular complexity index is 2530. The monoisotopic (exact) mass is 1030 g/mol. The number of nitrogens with two attached hydrogens (primary N) is 6. The van der Waals surface area contributed by atoms with E-state index in [0.717, 1.165) is 74.2 Å². The summed E-state index contributed by atoms with van der Waals surface area (Å²) >= 11 is 0. The summed E-state index contributed by atoms with van der Waals surface area (Å²) in [7, 11) is 0. The van der Waals surface area contributed by atoms with Crippen molar-refractivity contribution in [2.75, 3.05) is 13.1 Å². The molecule has 18 N–H and O–H groups in total. The number of rotatable bonds is 18. The number of carboxylic acid groups (broad SMARTS) is 4. The van der Waals surface area contributed by atoms with Crippen LogP contribution in [0.2, 0.25) is 0 Å². The molecule has 360 valence electrons. The van der Waals surface area contributed by atoms with Gasteiger partial charge in [-0.3, -0.25) is 29.2 Å². The van der Waals surface area contributed by atoms with Crippen molar-refractivity contribution in [2.45, 2.75) is 118 Å². The van der Waals surface area contributed by atoms with E-state index in [-0.39, 0.29) is 48.7 Å². The van der Waals surface area contributed by atoms with E-state index >= 15 is 0 Å². The van der Waals surface area contributed by atoms with Gasteiger partial charge in [0.15, 0.2) is 11.9 Å².